The molecule has 1 aromatic carbocycles. The SMILES string of the molecule is CN1CCN(CC2COC3(CCCN(C(=O)c4cccc5ncccc45)C3)C2)CC1. The zero-order valence-electron chi connectivity index (χ0n) is 17.9. The summed E-state index contributed by atoms with van der Waals surface area (Å²) < 4.78 is 6.42. The van der Waals surface area contributed by atoms with Crippen molar-refractivity contribution < 1.29 is 9.53 Å². The van der Waals surface area contributed by atoms with Crippen LogP contribution in [-0.2, 0) is 4.74 Å². The molecule has 2 atom stereocenters. The van der Waals surface area contributed by atoms with Gasteiger partial charge in [-0.3, -0.25) is 9.78 Å². The van der Waals surface area contributed by atoms with Crippen molar-refractivity contribution in [3.63, 3.8) is 0 Å². The maximum atomic E-state index is 13.4. The number of rotatable bonds is 3. The summed E-state index contributed by atoms with van der Waals surface area (Å²) in [6, 6.07) is 9.72. The van der Waals surface area contributed by atoms with Crippen LogP contribution in [0.15, 0.2) is 36.5 Å². The Morgan fingerprint density at radius 3 is 2.90 bits per heavy atom. The number of pyridine rings is 1. The highest BCUT2D eigenvalue weighted by atomic mass is 16.5. The van der Waals surface area contributed by atoms with E-state index in [2.05, 4.69) is 21.8 Å². The van der Waals surface area contributed by atoms with E-state index in [1.54, 1.807) is 6.20 Å². The number of hydrogen-bond donors (Lipinski definition) is 0. The van der Waals surface area contributed by atoms with Crippen LogP contribution in [-0.4, -0.2) is 90.7 Å². The highest BCUT2D eigenvalue weighted by Crippen LogP contribution is 2.38. The first kappa shape index (κ1) is 19.9. The van der Waals surface area contributed by atoms with Gasteiger partial charge in [0.15, 0.2) is 0 Å². The summed E-state index contributed by atoms with van der Waals surface area (Å²) in [6.45, 7) is 8.08. The summed E-state index contributed by atoms with van der Waals surface area (Å²) in [5.41, 5.74) is 1.47. The van der Waals surface area contributed by atoms with Crippen LogP contribution in [0, 0.1) is 5.92 Å². The molecule has 1 amide bonds. The summed E-state index contributed by atoms with van der Waals surface area (Å²) in [4.78, 5) is 24.8. The van der Waals surface area contributed by atoms with Crippen LogP contribution >= 0.6 is 0 Å². The molecule has 3 saturated heterocycles. The zero-order valence-corrected chi connectivity index (χ0v) is 17.9. The van der Waals surface area contributed by atoms with Crippen molar-refractivity contribution in [2.45, 2.75) is 24.9 Å². The number of benzene rings is 1. The molecule has 1 aromatic heterocycles. The molecule has 4 heterocycles. The molecule has 0 saturated carbocycles. The Morgan fingerprint density at radius 1 is 1.17 bits per heavy atom. The molecular weight excluding hydrogens is 376 g/mol. The topological polar surface area (TPSA) is 48.9 Å². The van der Waals surface area contributed by atoms with Gasteiger partial charge in [0.2, 0.25) is 0 Å². The van der Waals surface area contributed by atoms with E-state index in [0.717, 1.165) is 81.6 Å². The monoisotopic (exact) mass is 408 g/mol. The summed E-state index contributed by atoms with van der Waals surface area (Å²) >= 11 is 0. The Hall–Kier alpha value is -2.02. The summed E-state index contributed by atoms with van der Waals surface area (Å²) in [6.07, 6.45) is 4.92. The second kappa shape index (κ2) is 8.25. The Morgan fingerprint density at radius 2 is 2.03 bits per heavy atom. The molecule has 3 aliphatic heterocycles. The molecule has 0 radical (unpaired) electrons. The molecule has 30 heavy (non-hydrogen) atoms. The summed E-state index contributed by atoms with van der Waals surface area (Å²) in [5.74, 6) is 0.684. The lowest BCUT2D eigenvalue weighted by Crippen LogP contribution is -2.50. The number of piperidine rings is 1. The van der Waals surface area contributed by atoms with Crippen LogP contribution in [0.25, 0.3) is 10.9 Å². The molecule has 6 heteroatoms. The molecule has 1 spiro atoms. The van der Waals surface area contributed by atoms with E-state index < -0.39 is 0 Å². The van der Waals surface area contributed by atoms with Crippen LogP contribution < -0.4 is 0 Å². The van der Waals surface area contributed by atoms with Gasteiger partial charge in [0.1, 0.15) is 0 Å². The molecule has 0 bridgehead atoms. The van der Waals surface area contributed by atoms with E-state index in [1.165, 1.54) is 0 Å². The number of ether oxygens (including phenoxy) is 1. The molecule has 160 valence electrons. The highest BCUT2D eigenvalue weighted by Gasteiger charge is 2.45. The van der Waals surface area contributed by atoms with Gasteiger partial charge in [-0.2, -0.15) is 0 Å². The zero-order chi connectivity index (χ0) is 20.6. The van der Waals surface area contributed by atoms with E-state index >= 15 is 0 Å². The van der Waals surface area contributed by atoms with Crippen molar-refractivity contribution in [3.05, 3.63) is 42.1 Å². The molecule has 2 unspecified atom stereocenters. The lowest BCUT2D eigenvalue weighted by molar-refractivity contribution is -0.0450. The fraction of sp³-hybridized carbons (Fsp3) is 0.583. The average Bonchev–Trinajstić information content (AvgIpc) is 3.15. The molecule has 3 aliphatic rings. The van der Waals surface area contributed by atoms with E-state index in [9.17, 15) is 4.79 Å². The molecule has 3 fully saturated rings. The first-order chi connectivity index (χ1) is 14.6. The fourth-order valence-corrected chi connectivity index (χ4v) is 5.47. The Kier molecular flexibility index (Phi) is 5.48. The minimum atomic E-state index is -0.159. The molecule has 0 N–H and O–H groups in total. The van der Waals surface area contributed by atoms with Gasteiger partial charge < -0.3 is 19.4 Å². The number of likely N-dealkylation sites (N-methyl/N-ethyl adjacent to an activating group) is 1. The average molecular weight is 409 g/mol. The van der Waals surface area contributed by atoms with Crippen LogP contribution in [0.2, 0.25) is 0 Å². The van der Waals surface area contributed by atoms with Gasteiger partial charge in [-0.05, 0) is 50.4 Å². The third kappa shape index (κ3) is 3.96. The normalized spacial score (nSPS) is 28.4. The van der Waals surface area contributed by atoms with Gasteiger partial charge in [0.05, 0.1) is 17.7 Å². The van der Waals surface area contributed by atoms with Crippen LogP contribution in [0.1, 0.15) is 29.6 Å². The number of hydrogen-bond acceptors (Lipinski definition) is 5. The first-order valence-corrected chi connectivity index (χ1v) is 11.3. The quantitative estimate of drug-likeness (QED) is 0.781. The predicted octanol–water partition coefficient (Wildman–Crippen LogP) is 2.49. The largest absolute Gasteiger partial charge is 0.373 e. The highest BCUT2D eigenvalue weighted by molar-refractivity contribution is 6.06. The van der Waals surface area contributed by atoms with Crippen molar-refractivity contribution >= 4 is 16.8 Å². The number of aromatic nitrogens is 1. The minimum Gasteiger partial charge on any atom is -0.373 e. The van der Waals surface area contributed by atoms with Crippen molar-refractivity contribution in [2.75, 3.05) is 59.5 Å². The number of nitrogens with zero attached hydrogens (tertiary/aromatic N) is 4. The number of likely N-dealkylation sites (tertiary alicyclic amines) is 1. The number of piperazine rings is 1. The standard InChI is InChI=1S/C24H32N4O2/c1-26-11-13-27(14-12-26)16-19-15-24(30-17-19)8-4-10-28(18-24)23(29)21-5-2-7-22-20(21)6-3-9-25-22/h2-3,5-7,9,19H,4,8,10-18H2,1H3. The van der Waals surface area contributed by atoms with Crippen molar-refractivity contribution in [3.8, 4) is 0 Å². The van der Waals surface area contributed by atoms with Crippen molar-refractivity contribution in [1.82, 2.24) is 19.7 Å². The third-order valence-corrected chi connectivity index (χ3v) is 7.10. The molecule has 0 aliphatic carbocycles. The van der Waals surface area contributed by atoms with Crippen molar-refractivity contribution in [1.29, 1.82) is 0 Å². The van der Waals surface area contributed by atoms with Gasteiger partial charge in [0, 0.05) is 63.0 Å². The van der Waals surface area contributed by atoms with E-state index in [4.69, 9.17) is 4.74 Å². The lowest BCUT2D eigenvalue weighted by atomic mass is 9.86. The summed E-state index contributed by atoms with van der Waals surface area (Å²) in [7, 11) is 2.20. The second-order valence-electron chi connectivity index (χ2n) is 9.37. The lowest BCUT2D eigenvalue weighted by Gasteiger charge is -2.40. The smallest absolute Gasteiger partial charge is 0.254 e. The Labute approximate surface area is 178 Å². The van der Waals surface area contributed by atoms with Gasteiger partial charge in [-0.15, -0.1) is 0 Å². The molecule has 5 rings (SSSR count). The van der Waals surface area contributed by atoms with E-state index in [1.807, 2.05) is 35.2 Å². The summed E-state index contributed by atoms with van der Waals surface area (Å²) in [5, 5.41) is 0.935. The molecule has 2 aromatic rings. The number of carbonyl (C=O) groups excluding carboxylic acids is 1. The van der Waals surface area contributed by atoms with Crippen molar-refractivity contribution in [2.24, 2.45) is 5.92 Å². The maximum Gasteiger partial charge on any atom is 0.254 e. The van der Waals surface area contributed by atoms with Crippen LogP contribution in [0.4, 0.5) is 0 Å². The number of fused-ring (bicyclic) bond motifs is 1. The Balaban J connectivity index is 1.26. The van der Waals surface area contributed by atoms with Gasteiger partial charge in [-0.1, -0.05) is 12.1 Å². The second-order valence-corrected chi connectivity index (χ2v) is 9.37. The Bertz CT molecular complexity index is 906. The van der Waals surface area contributed by atoms with Gasteiger partial charge in [-0.25, -0.2) is 0 Å². The molecule has 6 nitrogen and oxygen atoms in total. The minimum absolute atomic E-state index is 0.110. The van der Waals surface area contributed by atoms with E-state index in [0.29, 0.717) is 12.5 Å². The third-order valence-electron chi connectivity index (χ3n) is 7.10. The van der Waals surface area contributed by atoms with Crippen LogP contribution in [0.5, 0.6) is 0 Å². The van der Waals surface area contributed by atoms with E-state index in [-0.39, 0.29) is 11.5 Å². The molecular formula is C24H32N4O2. The number of carbonyl (C=O) groups is 1. The number of amides is 1. The van der Waals surface area contributed by atoms with Crippen LogP contribution in [0.3, 0.4) is 0 Å². The van der Waals surface area contributed by atoms with Gasteiger partial charge in [0.25, 0.3) is 5.91 Å². The van der Waals surface area contributed by atoms with Gasteiger partial charge >= 0.3 is 0 Å². The first-order valence-electron chi connectivity index (χ1n) is 11.3. The maximum absolute atomic E-state index is 13.4. The fourth-order valence-electron chi connectivity index (χ4n) is 5.47. The predicted molar refractivity (Wildman–Crippen MR) is 118 cm³/mol.